The van der Waals surface area contributed by atoms with Gasteiger partial charge in [-0.2, -0.15) is 0 Å². The summed E-state index contributed by atoms with van der Waals surface area (Å²) in [6.07, 6.45) is 1.66. The molecule has 80 valence electrons. The molecule has 3 aromatic rings. The first-order valence-corrected chi connectivity index (χ1v) is 5.31. The summed E-state index contributed by atoms with van der Waals surface area (Å²) in [6.45, 7) is 1.99. The van der Waals surface area contributed by atoms with Gasteiger partial charge in [0.1, 0.15) is 0 Å². The first-order valence-electron chi connectivity index (χ1n) is 4.94. The summed E-state index contributed by atoms with van der Waals surface area (Å²) in [7, 11) is 0. The Bertz CT molecular complexity index is 654. The lowest BCUT2D eigenvalue weighted by atomic mass is 10.3. The standard InChI is InChI=1S/C12H9ClN2O/c1-7-4-5-16-11(7)12-14-9-3-2-8(13)6-10(9)15-12/h2-6H,1H3,(H,14,15). The molecule has 0 unspecified atom stereocenters. The second-order valence-electron chi connectivity index (χ2n) is 3.68. The molecule has 1 aromatic carbocycles. The number of aryl methyl sites for hydroxylation is 1. The van der Waals surface area contributed by atoms with Crippen LogP contribution in [0, 0.1) is 6.92 Å². The van der Waals surface area contributed by atoms with E-state index < -0.39 is 0 Å². The Hall–Kier alpha value is -1.74. The normalized spacial score (nSPS) is 11.1. The van der Waals surface area contributed by atoms with Gasteiger partial charge in [0.25, 0.3) is 0 Å². The van der Waals surface area contributed by atoms with Crippen LogP contribution in [0.5, 0.6) is 0 Å². The highest BCUT2D eigenvalue weighted by molar-refractivity contribution is 6.31. The predicted octanol–water partition coefficient (Wildman–Crippen LogP) is 3.78. The van der Waals surface area contributed by atoms with Gasteiger partial charge in [-0.1, -0.05) is 11.6 Å². The topological polar surface area (TPSA) is 41.8 Å². The molecule has 0 aliphatic rings. The number of imidazole rings is 1. The number of fused-ring (bicyclic) bond motifs is 1. The minimum atomic E-state index is 0.693. The molecule has 1 N–H and O–H groups in total. The maximum Gasteiger partial charge on any atom is 0.174 e. The SMILES string of the molecule is Cc1ccoc1-c1nc2ccc(Cl)cc2[nH]1. The summed E-state index contributed by atoms with van der Waals surface area (Å²) in [4.78, 5) is 7.64. The highest BCUT2D eigenvalue weighted by atomic mass is 35.5. The van der Waals surface area contributed by atoms with Crippen LogP contribution in [-0.2, 0) is 0 Å². The number of halogens is 1. The number of hydrogen-bond acceptors (Lipinski definition) is 2. The predicted molar refractivity (Wildman–Crippen MR) is 63.5 cm³/mol. The van der Waals surface area contributed by atoms with Gasteiger partial charge in [-0.3, -0.25) is 0 Å². The smallest absolute Gasteiger partial charge is 0.174 e. The number of furan rings is 1. The van der Waals surface area contributed by atoms with Crippen LogP contribution >= 0.6 is 11.6 Å². The van der Waals surface area contributed by atoms with E-state index in [9.17, 15) is 0 Å². The Labute approximate surface area is 97.1 Å². The van der Waals surface area contributed by atoms with Gasteiger partial charge < -0.3 is 9.40 Å². The van der Waals surface area contributed by atoms with Gasteiger partial charge in [0.2, 0.25) is 0 Å². The Balaban J connectivity index is 2.23. The molecule has 2 heterocycles. The molecule has 16 heavy (non-hydrogen) atoms. The molecule has 0 spiro atoms. The maximum atomic E-state index is 5.91. The molecule has 0 saturated heterocycles. The highest BCUT2D eigenvalue weighted by Gasteiger charge is 2.10. The van der Waals surface area contributed by atoms with Gasteiger partial charge in [-0.05, 0) is 36.8 Å². The lowest BCUT2D eigenvalue weighted by Gasteiger charge is -1.90. The quantitative estimate of drug-likeness (QED) is 0.694. The molecule has 3 rings (SSSR count). The van der Waals surface area contributed by atoms with Crippen molar-refractivity contribution in [3.8, 4) is 11.6 Å². The third-order valence-electron chi connectivity index (χ3n) is 2.52. The van der Waals surface area contributed by atoms with E-state index in [1.54, 1.807) is 6.26 Å². The van der Waals surface area contributed by atoms with Crippen molar-refractivity contribution in [3.63, 3.8) is 0 Å². The highest BCUT2D eigenvalue weighted by Crippen LogP contribution is 2.25. The molecular weight excluding hydrogens is 224 g/mol. The first kappa shape index (κ1) is 9.48. The third kappa shape index (κ3) is 1.41. The molecule has 0 atom stereocenters. The van der Waals surface area contributed by atoms with Crippen molar-refractivity contribution in [2.45, 2.75) is 6.92 Å². The summed E-state index contributed by atoms with van der Waals surface area (Å²) in [5.41, 5.74) is 2.86. The monoisotopic (exact) mass is 232 g/mol. The number of aromatic nitrogens is 2. The third-order valence-corrected chi connectivity index (χ3v) is 2.76. The average Bonchev–Trinajstić information content (AvgIpc) is 2.82. The van der Waals surface area contributed by atoms with Crippen molar-refractivity contribution < 1.29 is 4.42 Å². The lowest BCUT2D eigenvalue weighted by Crippen LogP contribution is -1.78. The van der Waals surface area contributed by atoms with E-state index in [4.69, 9.17) is 16.0 Å². The summed E-state index contributed by atoms with van der Waals surface area (Å²) in [6, 6.07) is 7.47. The summed E-state index contributed by atoms with van der Waals surface area (Å²) in [5.74, 6) is 1.51. The molecule has 2 aromatic heterocycles. The van der Waals surface area contributed by atoms with Crippen molar-refractivity contribution in [1.29, 1.82) is 0 Å². The molecule has 0 aliphatic carbocycles. The van der Waals surface area contributed by atoms with Crippen molar-refractivity contribution in [3.05, 3.63) is 41.1 Å². The minimum Gasteiger partial charge on any atom is -0.461 e. The van der Waals surface area contributed by atoms with E-state index in [1.165, 1.54) is 0 Å². The Morgan fingerprint density at radius 2 is 2.19 bits per heavy atom. The fourth-order valence-electron chi connectivity index (χ4n) is 1.70. The summed E-state index contributed by atoms with van der Waals surface area (Å²) in [5, 5.41) is 0.693. The molecule has 0 fully saturated rings. The average molecular weight is 233 g/mol. The maximum absolute atomic E-state index is 5.91. The van der Waals surface area contributed by atoms with Crippen LogP contribution in [-0.4, -0.2) is 9.97 Å². The van der Waals surface area contributed by atoms with E-state index in [0.29, 0.717) is 5.02 Å². The molecule has 4 heteroatoms. The second-order valence-corrected chi connectivity index (χ2v) is 4.12. The zero-order valence-electron chi connectivity index (χ0n) is 8.62. The summed E-state index contributed by atoms with van der Waals surface area (Å²) >= 11 is 5.91. The van der Waals surface area contributed by atoms with Crippen LogP contribution in [0.1, 0.15) is 5.56 Å². The van der Waals surface area contributed by atoms with Crippen LogP contribution in [0.3, 0.4) is 0 Å². The van der Waals surface area contributed by atoms with Gasteiger partial charge >= 0.3 is 0 Å². The van der Waals surface area contributed by atoms with E-state index >= 15 is 0 Å². The van der Waals surface area contributed by atoms with Crippen LogP contribution in [0.15, 0.2) is 34.9 Å². The van der Waals surface area contributed by atoms with Crippen molar-refractivity contribution in [2.24, 2.45) is 0 Å². The van der Waals surface area contributed by atoms with Crippen molar-refractivity contribution in [2.75, 3.05) is 0 Å². The fourth-order valence-corrected chi connectivity index (χ4v) is 1.88. The zero-order chi connectivity index (χ0) is 11.1. The molecule has 0 radical (unpaired) electrons. The molecule has 0 bridgehead atoms. The first-order chi connectivity index (χ1) is 7.74. The number of H-pyrrole nitrogens is 1. The van der Waals surface area contributed by atoms with Gasteiger partial charge in [-0.15, -0.1) is 0 Å². The number of aromatic amines is 1. The van der Waals surface area contributed by atoms with Crippen molar-refractivity contribution in [1.82, 2.24) is 9.97 Å². The molecular formula is C12H9ClN2O. The molecule has 3 nitrogen and oxygen atoms in total. The van der Waals surface area contributed by atoms with Crippen LogP contribution in [0.25, 0.3) is 22.6 Å². The lowest BCUT2D eigenvalue weighted by molar-refractivity contribution is 0.577. The van der Waals surface area contributed by atoms with E-state index in [2.05, 4.69) is 9.97 Å². The largest absolute Gasteiger partial charge is 0.461 e. The number of rotatable bonds is 1. The number of benzene rings is 1. The van der Waals surface area contributed by atoms with E-state index in [0.717, 1.165) is 28.2 Å². The van der Waals surface area contributed by atoms with Crippen LogP contribution in [0.4, 0.5) is 0 Å². The van der Waals surface area contributed by atoms with Crippen LogP contribution in [0.2, 0.25) is 5.02 Å². The summed E-state index contributed by atoms with van der Waals surface area (Å²) < 4.78 is 5.38. The molecule has 0 saturated carbocycles. The number of hydrogen-bond donors (Lipinski definition) is 1. The van der Waals surface area contributed by atoms with Gasteiger partial charge in [0, 0.05) is 5.02 Å². The van der Waals surface area contributed by atoms with Crippen LogP contribution < -0.4 is 0 Å². The Morgan fingerprint density at radius 3 is 2.94 bits per heavy atom. The Kier molecular flexibility index (Phi) is 2.01. The van der Waals surface area contributed by atoms with E-state index in [-0.39, 0.29) is 0 Å². The fraction of sp³-hybridized carbons (Fsp3) is 0.0833. The van der Waals surface area contributed by atoms with Gasteiger partial charge in [0.05, 0.1) is 17.3 Å². The zero-order valence-corrected chi connectivity index (χ0v) is 9.38. The molecule has 0 aliphatic heterocycles. The molecule has 0 amide bonds. The number of nitrogens with zero attached hydrogens (tertiary/aromatic N) is 1. The Morgan fingerprint density at radius 1 is 1.31 bits per heavy atom. The van der Waals surface area contributed by atoms with Gasteiger partial charge in [-0.25, -0.2) is 4.98 Å². The minimum absolute atomic E-state index is 0.693. The number of nitrogens with one attached hydrogen (secondary N) is 1. The van der Waals surface area contributed by atoms with Gasteiger partial charge in [0.15, 0.2) is 11.6 Å². The second kappa shape index (κ2) is 3.39. The van der Waals surface area contributed by atoms with Crippen molar-refractivity contribution >= 4 is 22.6 Å². The van der Waals surface area contributed by atoms with E-state index in [1.807, 2.05) is 31.2 Å².